The van der Waals surface area contributed by atoms with Gasteiger partial charge in [0.25, 0.3) is 5.69 Å². The second-order valence-electron chi connectivity index (χ2n) is 5.38. The molecule has 1 aromatic rings. The van der Waals surface area contributed by atoms with Crippen molar-refractivity contribution in [1.82, 2.24) is 5.32 Å². The van der Waals surface area contributed by atoms with Crippen LogP contribution in [0.4, 0.5) is 15.8 Å². The molecule has 3 rings (SSSR count). The molecule has 2 aliphatic heterocycles. The van der Waals surface area contributed by atoms with Crippen LogP contribution in [0.15, 0.2) is 16.6 Å². The molecule has 108 valence electrons. The SMILES string of the molecule is O=[N+]([O-])c1cc(F)c(Br)cc1N1CC2CCCNC2C1. The first kappa shape index (κ1) is 13.8. The van der Waals surface area contributed by atoms with E-state index >= 15 is 0 Å². The van der Waals surface area contributed by atoms with Gasteiger partial charge in [0, 0.05) is 19.1 Å². The van der Waals surface area contributed by atoms with Gasteiger partial charge in [-0.25, -0.2) is 4.39 Å². The van der Waals surface area contributed by atoms with Crippen LogP contribution in [0.2, 0.25) is 0 Å². The average molecular weight is 344 g/mol. The second kappa shape index (κ2) is 5.29. The zero-order chi connectivity index (χ0) is 14.3. The average Bonchev–Trinajstić information content (AvgIpc) is 2.84. The predicted octanol–water partition coefficient (Wildman–Crippen LogP) is 2.68. The Morgan fingerprint density at radius 1 is 1.45 bits per heavy atom. The fourth-order valence-electron chi connectivity index (χ4n) is 3.17. The maximum atomic E-state index is 13.5. The smallest absolute Gasteiger partial charge is 0.295 e. The van der Waals surface area contributed by atoms with Gasteiger partial charge in [0.15, 0.2) is 0 Å². The number of hydrogen-bond donors (Lipinski definition) is 1. The van der Waals surface area contributed by atoms with E-state index in [1.807, 2.05) is 4.90 Å². The molecular weight excluding hydrogens is 329 g/mol. The zero-order valence-corrected chi connectivity index (χ0v) is 12.4. The third-order valence-electron chi connectivity index (χ3n) is 4.15. The maximum Gasteiger partial charge on any atom is 0.295 e. The fourth-order valence-corrected chi connectivity index (χ4v) is 3.50. The lowest BCUT2D eigenvalue weighted by molar-refractivity contribution is -0.384. The lowest BCUT2D eigenvalue weighted by atomic mass is 9.94. The highest BCUT2D eigenvalue weighted by molar-refractivity contribution is 9.10. The molecule has 1 aromatic carbocycles. The largest absolute Gasteiger partial charge is 0.364 e. The van der Waals surface area contributed by atoms with E-state index in [9.17, 15) is 14.5 Å². The van der Waals surface area contributed by atoms with E-state index in [-0.39, 0.29) is 10.2 Å². The monoisotopic (exact) mass is 343 g/mol. The Hall–Kier alpha value is -1.21. The van der Waals surface area contributed by atoms with Crippen LogP contribution in [-0.4, -0.2) is 30.6 Å². The Bertz CT molecular complexity index is 541. The first-order valence-electron chi connectivity index (χ1n) is 6.68. The summed E-state index contributed by atoms with van der Waals surface area (Å²) in [5, 5.41) is 14.6. The summed E-state index contributed by atoms with van der Waals surface area (Å²) in [7, 11) is 0. The van der Waals surface area contributed by atoms with Gasteiger partial charge < -0.3 is 10.2 Å². The molecule has 0 bridgehead atoms. The van der Waals surface area contributed by atoms with Gasteiger partial charge in [0.05, 0.1) is 15.5 Å². The van der Waals surface area contributed by atoms with Crippen LogP contribution in [0.3, 0.4) is 0 Å². The zero-order valence-electron chi connectivity index (χ0n) is 10.8. The molecule has 2 aliphatic rings. The highest BCUT2D eigenvalue weighted by atomic mass is 79.9. The first-order valence-corrected chi connectivity index (χ1v) is 7.47. The molecule has 2 unspecified atom stereocenters. The summed E-state index contributed by atoms with van der Waals surface area (Å²) in [4.78, 5) is 12.6. The van der Waals surface area contributed by atoms with Crippen molar-refractivity contribution < 1.29 is 9.31 Å². The molecule has 2 heterocycles. The van der Waals surface area contributed by atoms with E-state index in [2.05, 4.69) is 21.2 Å². The minimum Gasteiger partial charge on any atom is -0.364 e. The van der Waals surface area contributed by atoms with Crippen molar-refractivity contribution in [2.75, 3.05) is 24.5 Å². The summed E-state index contributed by atoms with van der Waals surface area (Å²) in [6.45, 7) is 2.53. The molecule has 0 saturated carbocycles. The molecule has 0 aliphatic carbocycles. The standard InChI is InChI=1S/C13H15BrFN3O2/c14-9-4-12(13(18(19)20)5-10(9)15)17-6-8-2-1-3-16-11(8)7-17/h4-5,8,11,16H,1-3,6-7H2. The Labute approximate surface area is 124 Å². The Morgan fingerprint density at radius 2 is 2.25 bits per heavy atom. The van der Waals surface area contributed by atoms with E-state index in [4.69, 9.17) is 0 Å². The van der Waals surface area contributed by atoms with Gasteiger partial charge in [-0.05, 0) is 47.3 Å². The van der Waals surface area contributed by atoms with Crippen molar-refractivity contribution >= 4 is 27.3 Å². The van der Waals surface area contributed by atoms with Crippen LogP contribution >= 0.6 is 15.9 Å². The fraction of sp³-hybridized carbons (Fsp3) is 0.538. The molecule has 0 aromatic heterocycles. The first-order chi connectivity index (χ1) is 9.56. The van der Waals surface area contributed by atoms with Crippen LogP contribution in [0.1, 0.15) is 12.8 Å². The third-order valence-corrected chi connectivity index (χ3v) is 4.76. The normalized spacial score (nSPS) is 25.6. The molecule has 2 saturated heterocycles. The molecule has 1 N–H and O–H groups in total. The molecule has 0 spiro atoms. The van der Waals surface area contributed by atoms with Crippen molar-refractivity contribution in [3.05, 3.63) is 32.5 Å². The van der Waals surface area contributed by atoms with Gasteiger partial charge in [0.2, 0.25) is 0 Å². The summed E-state index contributed by atoms with van der Waals surface area (Å²) < 4.78 is 13.8. The number of fused-ring (bicyclic) bond motifs is 1. The number of piperidine rings is 1. The van der Waals surface area contributed by atoms with E-state index in [1.54, 1.807) is 0 Å². The number of nitrogens with one attached hydrogen (secondary N) is 1. The summed E-state index contributed by atoms with van der Waals surface area (Å²) in [6, 6.07) is 2.90. The minimum absolute atomic E-state index is 0.163. The molecule has 0 radical (unpaired) electrons. The van der Waals surface area contributed by atoms with Crippen LogP contribution in [-0.2, 0) is 0 Å². The van der Waals surface area contributed by atoms with Crippen molar-refractivity contribution in [1.29, 1.82) is 0 Å². The molecular formula is C13H15BrFN3O2. The number of hydrogen-bond acceptors (Lipinski definition) is 4. The number of nitrogens with zero attached hydrogens (tertiary/aromatic N) is 2. The second-order valence-corrected chi connectivity index (χ2v) is 6.23. The van der Waals surface area contributed by atoms with Crippen molar-refractivity contribution in [2.45, 2.75) is 18.9 Å². The topological polar surface area (TPSA) is 58.4 Å². The van der Waals surface area contributed by atoms with Gasteiger partial charge in [-0.2, -0.15) is 0 Å². The van der Waals surface area contributed by atoms with Crippen molar-refractivity contribution in [2.24, 2.45) is 5.92 Å². The summed E-state index contributed by atoms with van der Waals surface area (Å²) in [5.74, 6) is -0.0811. The minimum atomic E-state index is -0.602. The van der Waals surface area contributed by atoms with Gasteiger partial charge in [-0.15, -0.1) is 0 Å². The molecule has 2 fully saturated rings. The number of anilines is 1. The van der Waals surface area contributed by atoms with E-state index in [1.165, 1.54) is 6.07 Å². The molecule has 7 heteroatoms. The van der Waals surface area contributed by atoms with Crippen molar-refractivity contribution in [3.63, 3.8) is 0 Å². The van der Waals surface area contributed by atoms with Crippen LogP contribution < -0.4 is 10.2 Å². The number of nitro groups is 1. The molecule has 5 nitrogen and oxygen atoms in total. The van der Waals surface area contributed by atoms with Crippen LogP contribution in [0.25, 0.3) is 0 Å². The predicted molar refractivity (Wildman–Crippen MR) is 77.5 cm³/mol. The highest BCUT2D eigenvalue weighted by Gasteiger charge is 2.36. The van der Waals surface area contributed by atoms with Gasteiger partial charge in [0.1, 0.15) is 11.5 Å². The number of rotatable bonds is 2. The van der Waals surface area contributed by atoms with Gasteiger partial charge in [-0.3, -0.25) is 10.1 Å². The lowest BCUT2D eigenvalue weighted by Gasteiger charge is -2.24. The number of benzene rings is 1. The Kier molecular flexibility index (Phi) is 3.64. The number of nitro benzene ring substituents is 1. The lowest BCUT2D eigenvalue weighted by Crippen LogP contribution is -2.40. The summed E-state index contributed by atoms with van der Waals surface area (Å²) in [5.41, 5.74) is 0.337. The van der Waals surface area contributed by atoms with E-state index in [0.29, 0.717) is 17.6 Å². The maximum absolute atomic E-state index is 13.5. The summed E-state index contributed by atoms with van der Waals surface area (Å²) >= 11 is 3.11. The van der Waals surface area contributed by atoms with Gasteiger partial charge in [-0.1, -0.05) is 0 Å². The molecule has 2 atom stereocenters. The quantitative estimate of drug-likeness (QED) is 0.662. The third kappa shape index (κ3) is 2.40. The van der Waals surface area contributed by atoms with Gasteiger partial charge >= 0.3 is 0 Å². The molecule has 0 amide bonds. The Balaban J connectivity index is 1.93. The Morgan fingerprint density at radius 3 is 2.95 bits per heavy atom. The van der Waals surface area contributed by atoms with Crippen molar-refractivity contribution in [3.8, 4) is 0 Å². The van der Waals surface area contributed by atoms with Crippen LogP contribution in [0.5, 0.6) is 0 Å². The number of halogens is 2. The van der Waals surface area contributed by atoms with E-state index < -0.39 is 10.7 Å². The van der Waals surface area contributed by atoms with Crippen LogP contribution in [0, 0.1) is 21.8 Å². The summed E-state index contributed by atoms with van der Waals surface area (Å²) in [6.07, 6.45) is 2.29. The highest BCUT2D eigenvalue weighted by Crippen LogP contribution is 2.37. The molecule has 20 heavy (non-hydrogen) atoms. The van der Waals surface area contributed by atoms with E-state index in [0.717, 1.165) is 38.5 Å².